The Labute approximate surface area is 124 Å². The number of carbonyl (C=O) groups is 1. The number of carbonyl (C=O) groups excluding carboxylic acids is 1. The number of rotatable bonds is 4. The Kier molecular flexibility index (Phi) is 3.67. The maximum absolute atomic E-state index is 13.6. The molecule has 1 saturated carbocycles. The van der Waals surface area contributed by atoms with Crippen molar-refractivity contribution in [2.24, 2.45) is 0 Å². The lowest BCUT2D eigenvalue weighted by atomic mass is 10.2. The molecule has 4 nitrogen and oxygen atoms in total. The van der Waals surface area contributed by atoms with Gasteiger partial charge < -0.3 is 5.32 Å². The lowest BCUT2D eigenvalue weighted by Crippen LogP contribution is -2.23. The molecule has 7 heteroatoms. The molecule has 2 aromatic rings. The van der Waals surface area contributed by atoms with Crippen LogP contribution >= 0.6 is 23.1 Å². The first kappa shape index (κ1) is 13.5. The van der Waals surface area contributed by atoms with Crippen LogP contribution in [0.5, 0.6) is 0 Å². The number of benzene rings is 1. The summed E-state index contributed by atoms with van der Waals surface area (Å²) in [6, 6.07) is 4.44. The van der Waals surface area contributed by atoms with Gasteiger partial charge in [-0.1, -0.05) is 22.2 Å². The van der Waals surface area contributed by atoms with Crippen molar-refractivity contribution in [2.75, 3.05) is 0 Å². The maximum atomic E-state index is 13.6. The van der Waals surface area contributed by atoms with Crippen molar-refractivity contribution >= 4 is 29.0 Å². The van der Waals surface area contributed by atoms with E-state index < -0.39 is 5.82 Å². The van der Waals surface area contributed by atoms with Gasteiger partial charge in [0.15, 0.2) is 0 Å². The van der Waals surface area contributed by atoms with E-state index in [4.69, 9.17) is 11.6 Å². The van der Waals surface area contributed by atoms with Crippen LogP contribution in [-0.2, 0) is 6.54 Å². The summed E-state index contributed by atoms with van der Waals surface area (Å²) >= 11 is 6.99. The highest BCUT2D eigenvalue weighted by Crippen LogP contribution is 2.41. The van der Waals surface area contributed by atoms with Crippen molar-refractivity contribution < 1.29 is 9.18 Å². The molecule has 1 fully saturated rings. The summed E-state index contributed by atoms with van der Waals surface area (Å²) in [7, 11) is 0. The molecular formula is C13H11ClFN3OS. The minimum absolute atomic E-state index is 0.0480. The molecule has 0 radical (unpaired) electrons. The fraction of sp³-hybridized carbons (Fsp3) is 0.308. The first-order valence-corrected chi connectivity index (χ1v) is 7.35. The van der Waals surface area contributed by atoms with Crippen molar-refractivity contribution in [2.45, 2.75) is 25.3 Å². The Bertz CT molecular complexity index is 637. The molecule has 1 N–H and O–H groups in total. The molecule has 0 aliphatic heterocycles. The normalized spacial score (nSPS) is 14.3. The molecule has 0 spiro atoms. The van der Waals surface area contributed by atoms with E-state index in [2.05, 4.69) is 14.9 Å². The summed E-state index contributed by atoms with van der Waals surface area (Å²) in [5, 5.41) is 6.97. The minimum Gasteiger partial charge on any atom is -0.347 e. The number of nitrogens with zero attached hydrogens (tertiary/aromatic N) is 2. The molecule has 1 heterocycles. The first-order chi connectivity index (χ1) is 9.66. The van der Waals surface area contributed by atoms with E-state index in [1.54, 1.807) is 6.07 Å². The van der Waals surface area contributed by atoms with Gasteiger partial charge in [0.25, 0.3) is 5.91 Å². The molecule has 1 aliphatic rings. The van der Waals surface area contributed by atoms with Gasteiger partial charge in [0, 0.05) is 23.0 Å². The molecule has 0 bridgehead atoms. The van der Waals surface area contributed by atoms with Crippen molar-refractivity contribution in [3.8, 4) is 0 Å². The summed E-state index contributed by atoms with van der Waals surface area (Å²) in [6.45, 7) is 0.0480. The van der Waals surface area contributed by atoms with Crippen LogP contribution in [0, 0.1) is 5.82 Å². The number of aromatic nitrogens is 2. The smallest absolute Gasteiger partial charge is 0.265 e. The molecule has 1 aliphatic carbocycles. The molecule has 3 rings (SSSR count). The predicted molar refractivity (Wildman–Crippen MR) is 74.5 cm³/mol. The molecule has 0 saturated heterocycles. The van der Waals surface area contributed by atoms with Gasteiger partial charge in [-0.2, -0.15) is 0 Å². The molecule has 1 amide bonds. The zero-order valence-corrected chi connectivity index (χ0v) is 12.0. The van der Waals surface area contributed by atoms with Crippen LogP contribution in [-0.4, -0.2) is 15.5 Å². The molecule has 1 aromatic heterocycles. The van der Waals surface area contributed by atoms with Crippen molar-refractivity contribution in [3.63, 3.8) is 0 Å². The van der Waals surface area contributed by atoms with Crippen molar-refractivity contribution in [1.82, 2.24) is 14.9 Å². The SMILES string of the molecule is O=C(NCc1c(F)cccc1Cl)c1snnc1C1CC1. The van der Waals surface area contributed by atoms with E-state index in [0.29, 0.717) is 15.8 Å². The van der Waals surface area contributed by atoms with Crippen molar-refractivity contribution in [3.05, 3.63) is 45.2 Å². The molecule has 20 heavy (non-hydrogen) atoms. The fourth-order valence-corrected chi connectivity index (χ4v) is 2.83. The number of amides is 1. The third-order valence-corrected chi connectivity index (χ3v) is 4.27. The van der Waals surface area contributed by atoms with Gasteiger partial charge in [-0.25, -0.2) is 4.39 Å². The first-order valence-electron chi connectivity index (χ1n) is 6.20. The maximum Gasteiger partial charge on any atom is 0.265 e. The number of hydrogen-bond donors (Lipinski definition) is 1. The number of nitrogens with one attached hydrogen (secondary N) is 1. The van der Waals surface area contributed by atoms with E-state index in [1.165, 1.54) is 12.1 Å². The molecule has 1 aromatic carbocycles. The summed E-state index contributed by atoms with van der Waals surface area (Å²) in [5.41, 5.74) is 1.04. The van der Waals surface area contributed by atoms with E-state index in [-0.39, 0.29) is 18.0 Å². The minimum atomic E-state index is -0.428. The Morgan fingerprint density at radius 1 is 1.50 bits per heavy atom. The Hall–Kier alpha value is -1.53. The third kappa shape index (κ3) is 2.66. The second kappa shape index (κ2) is 5.46. The van der Waals surface area contributed by atoms with Crippen LogP contribution in [0.15, 0.2) is 18.2 Å². The number of hydrogen-bond acceptors (Lipinski definition) is 4. The topological polar surface area (TPSA) is 54.9 Å². The third-order valence-electron chi connectivity index (χ3n) is 3.17. The molecule has 104 valence electrons. The van der Waals surface area contributed by atoms with Gasteiger partial charge in [-0.05, 0) is 36.5 Å². The highest BCUT2D eigenvalue weighted by atomic mass is 35.5. The average molecular weight is 312 g/mol. The lowest BCUT2D eigenvalue weighted by molar-refractivity contribution is 0.0953. The highest BCUT2D eigenvalue weighted by molar-refractivity contribution is 7.08. The zero-order valence-electron chi connectivity index (χ0n) is 10.4. The summed E-state index contributed by atoms with van der Waals surface area (Å²) in [6.07, 6.45) is 2.09. The second-order valence-electron chi connectivity index (χ2n) is 4.64. The largest absolute Gasteiger partial charge is 0.347 e. The van der Waals surface area contributed by atoms with Gasteiger partial charge in [0.05, 0.1) is 5.69 Å². The number of halogens is 2. The quantitative estimate of drug-likeness (QED) is 0.943. The summed E-state index contributed by atoms with van der Waals surface area (Å²) < 4.78 is 17.4. The molecule has 0 atom stereocenters. The average Bonchev–Trinajstić information content (AvgIpc) is 3.15. The summed E-state index contributed by atoms with van der Waals surface area (Å²) in [5.74, 6) is -0.351. The Morgan fingerprint density at radius 3 is 3.00 bits per heavy atom. The van der Waals surface area contributed by atoms with Crippen LogP contribution in [0.3, 0.4) is 0 Å². The van der Waals surface area contributed by atoms with Crippen LogP contribution < -0.4 is 5.32 Å². The second-order valence-corrected chi connectivity index (χ2v) is 5.81. The molecular weight excluding hydrogens is 301 g/mol. The monoisotopic (exact) mass is 311 g/mol. The fourth-order valence-electron chi connectivity index (χ4n) is 1.93. The van der Waals surface area contributed by atoms with Crippen LogP contribution in [0.4, 0.5) is 4.39 Å². The van der Waals surface area contributed by atoms with Crippen molar-refractivity contribution in [1.29, 1.82) is 0 Å². The standard InChI is InChI=1S/C13H11ClFN3OS/c14-9-2-1-3-10(15)8(9)6-16-13(19)12-11(7-4-5-7)17-18-20-12/h1-3,7H,4-6H2,(H,16,19). The zero-order chi connectivity index (χ0) is 14.1. The Balaban J connectivity index is 1.72. The lowest BCUT2D eigenvalue weighted by Gasteiger charge is -2.07. The molecule has 0 unspecified atom stereocenters. The van der Waals surface area contributed by atoms with Gasteiger partial charge in [-0.3, -0.25) is 4.79 Å². The highest BCUT2D eigenvalue weighted by Gasteiger charge is 2.31. The van der Waals surface area contributed by atoms with Gasteiger partial charge in [-0.15, -0.1) is 5.10 Å². The van der Waals surface area contributed by atoms with E-state index in [9.17, 15) is 9.18 Å². The Morgan fingerprint density at radius 2 is 2.30 bits per heavy atom. The van der Waals surface area contributed by atoms with Crippen LogP contribution in [0.1, 0.15) is 39.7 Å². The van der Waals surface area contributed by atoms with Gasteiger partial charge in [0.2, 0.25) is 0 Å². The predicted octanol–water partition coefficient (Wildman–Crippen LogP) is 3.14. The van der Waals surface area contributed by atoms with E-state index >= 15 is 0 Å². The van der Waals surface area contributed by atoms with E-state index in [1.807, 2.05) is 0 Å². The van der Waals surface area contributed by atoms with Gasteiger partial charge in [0.1, 0.15) is 10.7 Å². The summed E-state index contributed by atoms with van der Waals surface area (Å²) in [4.78, 5) is 12.6. The van der Waals surface area contributed by atoms with Crippen LogP contribution in [0.25, 0.3) is 0 Å². The van der Waals surface area contributed by atoms with Crippen LogP contribution in [0.2, 0.25) is 5.02 Å². The van der Waals surface area contributed by atoms with E-state index in [0.717, 1.165) is 30.1 Å². The van der Waals surface area contributed by atoms with Gasteiger partial charge >= 0.3 is 0 Å².